The van der Waals surface area contributed by atoms with E-state index in [-0.39, 0.29) is 17.6 Å². The standard InChI is InChI=1S/C22H18Cl2FN3O/c1-13-2-5-16(23)8-20(13)27-21-18(9-26-10-19(21)24)22(29)28-11-15(12-28)14-3-6-17(25)7-4-14/h2-10,15H,11-12H2,1H3,(H,26,27). The fraction of sp³-hybridized carbons (Fsp3) is 0.182. The van der Waals surface area contributed by atoms with Crippen molar-refractivity contribution in [1.29, 1.82) is 0 Å². The van der Waals surface area contributed by atoms with Crippen LogP contribution < -0.4 is 5.32 Å². The smallest absolute Gasteiger partial charge is 0.257 e. The molecule has 3 aromatic rings. The molecule has 4 nitrogen and oxygen atoms in total. The number of nitrogens with zero attached hydrogens (tertiary/aromatic N) is 2. The van der Waals surface area contributed by atoms with Crippen LogP contribution in [0, 0.1) is 12.7 Å². The van der Waals surface area contributed by atoms with Gasteiger partial charge in [0, 0.05) is 42.1 Å². The van der Waals surface area contributed by atoms with Gasteiger partial charge in [0.1, 0.15) is 5.82 Å². The van der Waals surface area contributed by atoms with Gasteiger partial charge in [0.2, 0.25) is 0 Å². The lowest BCUT2D eigenvalue weighted by atomic mass is 9.91. The Kier molecular flexibility index (Phi) is 5.43. The summed E-state index contributed by atoms with van der Waals surface area (Å²) in [5.74, 6) is -0.225. The van der Waals surface area contributed by atoms with E-state index in [1.54, 1.807) is 29.2 Å². The van der Waals surface area contributed by atoms with E-state index in [4.69, 9.17) is 23.2 Å². The van der Waals surface area contributed by atoms with Crippen molar-refractivity contribution < 1.29 is 9.18 Å². The van der Waals surface area contributed by atoms with Crippen LogP contribution in [0.25, 0.3) is 0 Å². The molecule has 2 aromatic carbocycles. The van der Waals surface area contributed by atoms with E-state index in [0.29, 0.717) is 34.4 Å². The van der Waals surface area contributed by atoms with Gasteiger partial charge >= 0.3 is 0 Å². The van der Waals surface area contributed by atoms with Crippen LogP contribution >= 0.6 is 23.2 Å². The van der Waals surface area contributed by atoms with E-state index in [9.17, 15) is 9.18 Å². The molecule has 1 aliphatic rings. The minimum atomic E-state index is -0.266. The first-order valence-corrected chi connectivity index (χ1v) is 9.89. The molecule has 1 N–H and O–H groups in total. The zero-order valence-corrected chi connectivity index (χ0v) is 17.1. The van der Waals surface area contributed by atoms with Crippen LogP contribution in [0.5, 0.6) is 0 Å². The van der Waals surface area contributed by atoms with Gasteiger partial charge in [0.05, 0.1) is 16.3 Å². The zero-order chi connectivity index (χ0) is 20.5. The molecular weight excluding hydrogens is 412 g/mol. The van der Waals surface area contributed by atoms with Crippen LogP contribution in [0.2, 0.25) is 10.0 Å². The van der Waals surface area contributed by atoms with Crippen molar-refractivity contribution in [2.45, 2.75) is 12.8 Å². The molecule has 1 saturated heterocycles. The third-order valence-electron chi connectivity index (χ3n) is 5.10. The number of aryl methyl sites for hydroxylation is 1. The summed E-state index contributed by atoms with van der Waals surface area (Å²) in [6.45, 7) is 3.07. The Morgan fingerprint density at radius 1 is 1.14 bits per heavy atom. The number of nitrogens with one attached hydrogen (secondary N) is 1. The molecule has 7 heteroatoms. The van der Waals surface area contributed by atoms with Gasteiger partial charge in [0.15, 0.2) is 0 Å². The Morgan fingerprint density at radius 2 is 1.86 bits per heavy atom. The third-order valence-corrected chi connectivity index (χ3v) is 5.62. The molecular formula is C22H18Cl2FN3O. The quantitative estimate of drug-likeness (QED) is 0.568. The van der Waals surface area contributed by atoms with E-state index in [1.807, 2.05) is 13.0 Å². The van der Waals surface area contributed by atoms with Gasteiger partial charge < -0.3 is 10.2 Å². The van der Waals surface area contributed by atoms with Gasteiger partial charge in [-0.3, -0.25) is 9.78 Å². The zero-order valence-electron chi connectivity index (χ0n) is 15.6. The van der Waals surface area contributed by atoms with Crippen LogP contribution in [-0.4, -0.2) is 28.9 Å². The third kappa shape index (κ3) is 4.07. The first kappa shape index (κ1) is 19.7. The number of hydrogen-bond acceptors (Lipinski definition) is 3. The second-order valence-electron chi connectivity index (χ2n) is 7.09. The number of hydrogen-bond donors (Lipinski definition) is 1. The largest absolute Gasteiger partial charge is 0.353 e. The molecule has 4 rings (SSSR count). The minimum Gasteiger partial charge on any atom is -0.353 e. The van der Waals surface area contributed by atoms with E-state index in [1.165, 1.54) is 24.5 Å². The number of carbonyl (C=O) groups excluding carboxylic acids is 1. The number of benzene rings is 2. The predicted octanol–water partition coefficient (Wildman–Crippen LogP) is 5.82. The summed E-state index contributed by atoms with van der Waals surface area (Å²) >= 11 is 12.5. The van der Waals surface area contributed by atoms with Crippen molar-refractivity contribution in [1.82, 2.24) is 9.88 Å². The molecule has 148 valence electrons. The van der Waals surface area contributed by atoms with Gasteiger partial charge in [-0.05, 0) is 42.3 Å². The Bertz CT molecular complexity index is 1070. The number of pyridine rings is 1. The topological polar surface area (TPSA) is 45.2 Å². The average molecular weight is 430 g/mol. The second-order valence-corrected chi connectivity index (χ2v) is 7.93. The number of halogens is 3. The van der Waals surface area contributed by atoms with Crippen molar-refractivity contribution in [3.8, 4) is 0 Å². The monoisotopic (exact) mass is 429 g/mol. The molecule has 0 unspecified atom stereocenters. The lowest BCUT2D eigenvalue weighted by Gasteiger charge is -2.40. The summed E-state index contributed by atoms with van der Waals surface area (Å²) in [5, 5.41) is 4.17. The van der Waals surface area contributed by atoms with Gasteiger partial charge in [-0.1, -0.05) is 41.4 Å². The van der Waals surface area contributed by atoms with Crippen molar-refractivity contribution >= 4 is 40.5 Å². The van der Waals surface area contributed by atoms with Gasteiger partial charge in [0.25, 0.3) is 5.91 Å². The number of rotatable bonds is 4. The number of likely N-dealkylation sites (tertiary alicyclic amines) is 1. The van der Waals surface area contributed by atoms with Crippen LogP contribution in [0.15, 0.2) is 54.9 Å². The van der Waals surface area contributed by atoms with E-state index >= 15 is 0 Å². The van der Waals surface area contributed by atoms with E-state index in [0.717, 1.165) is 16.8 Å². The van der Waals surface area contributed by atoms with Crippen molar-refractivity contribution in [2.24, 2.45) is 0 Å². The van der Waals surface area contributed by atoms with E-state index < -0.39 is 0 Å². The molecule has 29 heavy (non-hydrogen) atoms. The lowest BCUT2D eigenvalue weighted by molar-refractivity contribution is 0.0603. The van der Waals surface area contributed by atoms with Crippen LogP contribution in [0.3, 0.4) is 0 Å². The summed E-state index contributed by atoms with van der Waals surface area (Å²) < 4.78 is 13.1. The molecule has 2 heterocycles. The van der Waals surface area contributed by atoms with Gasteiger partial charge in [-0.2, -0.15) is 0 Å². The maximum Gasteiger partial charge on any atom is 0.257 e. The lowest BCUT2D eigenvalue weighted by Crippen LogP contribution is -2.48. The highest BCUT2D eigenvalue weighted by molar-refractivity contribution is 6.34. The molecule has 0 radical (unpaired) electrons. The Morgan fingerprint density at radius 3 is 2.59 bits per heavy atom. The van der Waals surface area contributed by atoms with Gasteiger partial charge in [-0.25, -0.2) is 4.39 Å². The second kappa shape index (κ2) is 8.01. The van der Waals surface area contributed by atoms with Crippen molar-refractivity contribution in [3.05, 3.63) is 87.4 Å². The summed E-state index contributed by atoms with van der Waals surface area (Å²) in [7, 11) is 0. The molecule has 0 saturated carbocycles. The molecule has 0 aliphatic carbocycles. The van der Waals surface area contributed by atoms with E-state index in [2.05, 4.69) is 10.3 Å². The molecule has 1 fully saturated rings. The molecule has 1 aliphatic heterocycles. The highest BCUT2D eigenvalue weighted by atomic mass is 35.5. The fourth-order valence-corrected chi connectivity index (χ4v) is 3.73. The highest BCUT2D eigenvalue weighted by Gasteiger charge is 2.33. The van der Waals surface area contributed by atoms with Crippen LogP contribution in [-0.2, 0) is 0 Å². The predicted molar refractivity (Wildman–Crippen MR) is 114 cm³/mol. The van der Waals surface area contributed by atoms with Crippen molar-refractivity contribution in [3.63, 3.8) is 0 Å². The minimum absolute atomic E-state index is 0.152. The highest BCUT2D eigenvalue weighted by Crippen LogP contribution is 2.34. The van der Waals surface area contributed by atoms with Crippen molar-refractivity contribution in [2.75, 3.05) is 18.4 Å². The molecule has 0 atom stereocenters. The maximum atomic E-state index is 13.1. The Labute approximate surface area is 178 Å². The fourth-order valence-electron chi connectivity index (χ4n) is 3.35. The summed E-state index contributed by atoms with van der Waals surface area (Å²) in [6, 6.07) is 11.9. The SMILES string of the molecule is Cc1ccc(Cl)cc1Nc1c(Cl)cncc1C(=O)N1CC(c2ccc(F)cc2)C1. The normalized spacial score (nSPS) is 13.9. The van der Waals surface area contributed by atoms with Crippen LogP contribution in [0.4, 0.5) is 15.8 Å². The number of carbonyl (C=O) groups is 1. The number of anilines is 2. The molecule has 1 amide bonds. The molecule has 1 aromatic heterocycles. The molecule has 0 spiro atoms. The summed E-state index contributed by atoms with van der Waals surface area (Å²) in [5.41, 5.74) is 3.66. The Hall–Kier alpha value is -2.63. The van der Waals surface area contributed by atoms with Gasteiger partial charge in [-0.15, -0.1) is 0 Å². The Balaban J connectivity index is 1.54. The maximum absolute atomic E-state index is 13.1. The average Bonchev–Trinajstić information content (AvgIpc) is 2.66. The number of aromatic nitrogens is 1. The first-order valence-electron chi connectivity index (χ1n) is 9.14. The summed E-state index contributed by atoms with van der Waals surface area (Å²) in [4.78, 5) is 18.9. The first-order chi connectivity index (χ1) is 13.9. The summed E-state index contributed by atoms with van der Waals surface area (Å²) in [6.07, 6.45) is 3.01. The van der Waals surface area contributed by atoms with Crippen LogP contribution in [0.1, 0.15) is 27.4 Å². The number of amides is 1. The molecule has 0 bridgehead atoms.